The SMILES string of the molecule is C=C(NC(/C=C/S(=C)(=C)c1ccccc1)CCc1ccccc1)C(C)Cc1ccccc1.C=CC.CC.CCC.CCCC. The molecule has 244 valence electrons. The Labute approximate surface area is 274 Å². The Kier molecular flexibility index (Phi) is 27.8. The maximum absolute atomic E-state index is 4.44. The first kappa shape index (κ1) is 42.9. The Morgan fingerprint density at radius 2 is 1.18 bits per heavy atom. The standard InChI is InChI=1S/C30H35NS.C4H10.C3H8.C3H6.C2H6/c1-25(24-28-16-10-6-11-17-28)26(2)31-29(21-20-27-14-8-5-9-15-27)22-23-32(3,4)30-18-12-7-13-19-30;1-3-4-2;2*1-3-2;1-2/h5-19,22-23,25,29,31H,2-4,20-21,24H2,1H3;3-4H2,1-2H3;3H2,1-2H3;3H,1H2,2H3;1-2H3/b23-22+;;;;. The average Bonchev–Trinajstić information content (AvgIpc) is 3.05. The number of unbranched alkanes of at least 4 members (excludes halogenated alkanes) is 1. The Morgan fingerprint density at radius 3 is 1.61 bits per heavy atom. The van der Waals surface area contributed by atoms with Gasteiger partial charge in [-0.15, -0.1) is 6.58 Å². The van der Waals surface area contributed by atoms with E-state index in [1.807, 2.05) is 26.8 Å². The van der Waals surface area contributed by atoms with E-state index < -0.39 is 9.21 Å². The highest BCUT2D eigenvalue weighted by molar-refractivity contribution is 8.30. The molecule has 3 aromatic carbocycles. The van der Waals surface area contributed by atoms with Crippen molar-refractivity contribution in [3.8, 4) is 0 Å². The van der Waals surface area contributed by atoms with Gasteiger partial charge in [-0.05, 0) is 65.7 Å². The number of rotatable bonds is 12. The van der Waals surface area contributed by atoms with Gasteiger partial charge in [0.05, 0.1) is 0 Å². The third kappa shape index (κ3) is 21.5. The van der Waals surface area contributed by atoms with Gasteiger partial charge in [0.2, 0.25) is 0 Å². The van der Waals surface area contributed by atoms with Crippen LogP contribution in [0.25, 0.3) is 0 Å². The van der Waals surface area contributed by atoms with Gasteiger partial charge in [-0.25, -0.2) is 0 Å². The van der Waals surface area contributed by atoms with Gasteiger partial charge in [-0.3, -0.25) is 0 Å². The van der Waals surface area contributed by atoms with Crippen LogP contribution in [0.15, 0.2) is 132 Å². The monoisotopic (exact) mass is 615 g/mol. The summed E-state index contributed by atoms with van der Waals surface area (Å²) < 4.78 is 0. The number of nitrogens with one attached hydrogen (secondary N) is 1. The molecule has 0 saturated carbocycles. The molecule has 0 radical (unpaired) electrons. The van der Waals surface area contributed by atoms with Crippen molar-refractivity contribution >= 4 is 20.9 Å². The molecule has 2 atom stereocenters. The molecule has 1 nitrogen and oxygen atoms in total. The Morgan fingerprint density at radius 1 is 0.773 bits per heavy atom. The summed E-state index contributed by atoms with van der Waals surface area (Å²) in [6, 6.07) is 31.8. The lowest BCUT2D eigenvalue weighted by atomic mass is 9.97. The lowest BCUT2D eigenvalue weighted by Gasteiger charge is -2.23. The summed E-state index contributed by atoms with van der Waals surface area (Å²) >= 11 is 0. The van der Waals surface area contributed by atoms with Crippen molar-refractivity contribution in [2.45, 2.75) is 105 Å². The van der Waals surface area contributed by atoms with Gasteiger partial charge in [0.25, 0.3) is 0 Å². The summed E-state index contributed by atoms with van der Waals surface area (Å²) in [7, 11) is -1.49. The summed E-state index contributed by atoms with van der Waals surface area (Å²) in [4.78, 5) is 1.19. The number of aryl methyl sites for hydroxylation is 1. The van der Waals surface area contributed by atoms with E-state index in [-0.39, 0.29) is 6.04 Å². The minimum absolute atomic E-state index is 0.181. The Hall–Kier alpha value is -3.23. The van der Waals surface area contributed by atoms with Crippen LogP contribution in [0.2, 0.25) is 0 Å². The molecule has 0 fully saturated rings. The molecule has 0 aliphatic heterocycles. The molecule has 0 bridgehead atoms. The van der Waals surface area contributed by atoms with E-state index in [4.69, 9.17) is 0 Å². The fraction of sp³-hybridized carbons (Fsp3) is 0.381. The van der Waals surface area contributed by atoms with Gasteiger partial charge in [0.1, 0.15) is 0 Å². The summed E-state index contributed by atoms with van der Waals surface area (Å²) in [6.07, 6.45) is 10.9. The Bertz CT molecular complexity index is 1190. The molecule has 3 rings (SSSR count). The topological polar surface area (TPSA) is 12.0 Å². The van der Waals surface area contributed by atoms with E-state index in [1.54, 1.807) is 6.08 Å². The van der Waals surface area contributed by atoms with E-state index in [0.717, 1.165) is 25.0 Å². The van der Waals surface area contributed by atoms with Gasteiger partial charge in [0, 0.05) is 11.7 Å². The van der Waals surface area contributed by atoms with Gasteiger partial charge < -0.3 is 5.32 Å². The first-order valence-corrected chi connectivity index (χ1v) is 18.5. The third-order valence-electron chi connectivity index (χ3n) is 6.22. The second kappa shape index (κ2) is 28.5. The fourth-order valence-electron chi connectivity index (χ4n) is 3.67. The summed E-state index contributed by atoms with van der Waals surface area (Å²) in [5, 5.41) is 5.92. The molecule has 2 heteroatoms. The van der Waals surface area contributed by atoms with Crippen molar-refractivity contribution in [2.24, 2.45) is 5.92 Å². The minimum atomic E-state index is -1.49. The Balaban J connectivity index is 0. The lowest BCUT2D eigenvalue weighted by molar-refractivity contribution is 0.542. The zero-order valence-corrected chi connectivity index (χ0v) is 30.3. The highest BCUT2D eigenvalue weighted by Gasteiger charge is 2.13. The van der Waals surface area contributed by atoms with E-state index in [2.05, 4.69) is 161 Å². The molecule has 0 aliphatic carbocycles. The molecule has 3 aromatic rings. The maximum Gasteiger partial charge on any atom is 0.0452 e. The molecule has 44 heavy (non-hydrogen) atoms. The smallest absolute Gasteiger partial charge is 0.0452 e. The van der Waals surface area contributed by atoms with E-state index in [0.29, 0.717) is 5.92 Å². The second-order valence-corrected chi connectivity index (χ2v) is 13.2. The molecule has 2 unspecified atom stereocenters. The molecule has 0 saturated heterocycles. The molecular weight excluding hydrogens is 551 g/mol. The number of benzene rings is 3. The summed E-state index contributed by atoms with van der Waals surface area (Å²) in [5.41, 5.74) is 3.76. The number of allylic oxidation sites excluding steroid dienone is 2. The molecule has 0 amide bonds. The highest BCUT2D eigenvalue weighted by Crippen LogP contribution is 2.33. The summed E-state index contributed by atoms with van der Waals surface area (Å²) in [5.74, 6) is 9.21. The van der Waals surface area contributed by atoms with Crippen molar-refractivity contribution < 1.29 is 0 Å². The van der Waals surface area contributed by atoms with Crippen LogP contribution in [0.1, 0.15) is 92.2 Å². The second-order valence-electron chi connectivity index (χ2n) is 10.6. The van der Waals surface area contributed by atoms with Crippen molar-refractivity contribution in [1.82, 2.24) is 5.32 Å². The lowest BCUT2D eigenvalue weighted by Crippen LogP contribution is -2.30. The molecule has 0 aromatic heterocycles. The van der Waals surface area contributed by atoms with Crippen LogP contribution in [0, 0.1) is 5.92 Å². The molecule has 0 aliphatic rings. The van der Waals surface area contributed by atoms with Crippen molar-refractivity contribution in [1.29, 1.82) is 0 Å². The van der Waals surface area contributed by atoms with Crippen LogP contribution in [0.4, 0.5) is 0 Å². The first-order chi connectivity index (χ1) is 21.2. The van der Waals surface area contributed by atoms with Crippen molar-refractivity contribution in [2.75, 3.05) is 0 Å². The van der Waals surface area contributed by atoms with Gasteiger partial charge in [-0.2, -0.15) is 9.21 Å². The first-order valence-electron chi connectivity index (χ1n) is 16.5. The van der Waals surface area contributed by atoms with Crippen LogP contribution in [0.5, 0.6) is 0 Å². The molecule has 1 N–H and O–H groups in total. The highest BCUT2D eigenvalue weighted by atomic mass is 32.2. The quantitative estimate of drug-likeness (QED) is 0.158. The van der Waals surface area contributed by atoms with Crippen LogP contribution in [-0.4, -0.2) is 17.8 Å². The average molecular weight is 616 g/mol. The normalized spacial score (nSPS) is 11.4. The van der Waals surface area contributed by atoms with Crippen LogP contribution in [0.3, 0.4) is 0 Å². The largest absolute Gasteiger partial charge is 0.382 e. The zero-order chi connectivity index (χ0) is 33.6. The van der Waals surface area contributed by atoms with Crippen LogP contribution < -0.4 is 5.32 Å². The predicted octanol–water partition coefficient (Wildman–Crippen LogP) is 12.7. The zero-order valence-electron chi connectivity index (χ0n) is 29.5. The number of hydrogen-bond acceptors (Lipinski definition) is 1. The number of hydrogen-bond donors (Lipinski definition) is 1. The van der Waals surface area contributed by atoms with Gasteiger partial charge in [-0.1, -0.05) is 177 Å². The van der Waals surface area contributed by atoms with E-state index >= 15 is 0 Å². The molecular formula is C42H65NS. The van der Waals surface area contributed by atoms with E-state index in [1.165, 1.54) is 35.3 Å². The van der Waals surface area contributed by atoms with E-state index in [9.17, 15) is 0 Å². The van der Waals surface area contributed by atoms with Crippen molar-refractivity contribution in [3.63, 3.8) is 0 Å². The molecule has 0 spiro atoms. The minimum Gasteiger partial charge on any atom is -0.382 e. The predicted molar refractivity (Wildman–Crippen MR) is 210 cm³/mol. The summed E-state index contributed by atoms with van der Waals surface area (Å²) in [6.45, 7) is 24.5. The maximum atomic E-state index is 4.44. The van der Waals surface area contributed by atoms with Crippen molar-refractivity contribution in [3.05, 3.63) is 139 Å². The van der Waals surface area contributed by atoms with Crippen LogP contribution >= 0.6 is 9.21 Å². The molecule has 0 heterocycles. The van der Waals surface area contributed by atoms with Gasteiger partial charge in [0.15, 0.2) is 0 Å². The third-order valence-corrected chi connectivity index (χ3v) is 8.11. The van der Waals surface area contributed by atoms with Crippen LogP contribution in [-0.2, 0) is 12.8 Å². The van der Waals surface area contributed by atoms with Gasteiger partial charge >= 0.3 is 0 Å². The fourth-order valence-corrected chi connectivity index (χ4v) is 5.02.